The van der Waals surface area contributed by atoms with Crippen LogP contribution in [0.3, 0.4) is 0 Å². The Morgan fingerprint density at radius 2 is 1.86 bits per heavy atom. The fourth-order valence-electron chi connectivity index (χ4n) is 2.57. The Morgan fingerprint density at radius 3 is 2.45 bits per heavy atom. The van der Waals surface area contributed by atoms with Crippen LogP contribution >= 0.6 is 23.2 Å². The number of rotatable bonds is 3. The third-order valence-electron chi connectivity index (χ3n) is 3.97. The molecule has 0 radical (unpaired) electrons. The molecule has 2 heterocycles. The van der Waals surface area contributed by atoms with Gasteiger partial charge in [0.2, 0.25) is 5.91 Å². The van der Waals surface area contributed by atoms with Crippen molar-refractivity contribution < 1.29 is 14.3 Å². The molecule has 1 N–H and O–H groups in total. The molecule has 0 saturated carbocycles. The SMILES string of the molecule is O=C(Nc1ccc(Cl)c(Cl)c1)C1CCN(C(=O)C2CO2)CC1. The molecule has 0 spiro atoms. The lowest BCUT2D eigenvalue weighted by molar-refractivity contribution is -0.135. The Labute approximate surface area is 138 Å². The van der Waals surface area contributed by atoms with E-state index in [0.29, 0.717) is 48.3 Å². The van der Waals surface area contributed by atoms with Gasteiger partial charge >= 0.3 is 0 Å². The van der Waals surface area contributed by atoms with E-state index in [2.05, 4.69) is 5.32 Å². The van der Waals surface area contributed by atoms with Crippen molar-refractivity contribution in [2.24, 2.45) is 5.92 Å². The number of amides is 2. The van der Waals surface area contributed by atoms with E-state index in [-0.39, 0.29) is 23.8 Å². The maximum atomic E-state index is 12.3. The first-order chi connectivity index (χ1) is 10.5. The molecule has 1 unspecified atom stereocenters. The first kappa shape index (κ1) is 15.6. The van der Waals surface area contributed by atoms with Crippen LogP contribution in [0.25, 0.3) is 0 Å². The van der Waals surface area contributed by atoms with Crippen LogP contribution in [0.15, 0.2) is 18.2 Å². The first-order valence-electron chi connectivity index (χ1n) is 7.21. The molecule has 1 aromatic carbocycles. The number of piperidine rings is 1. The molecule has 3 rings (SSSR count). The molecule has 0 aliphatic carbocycles. The first-order valence-corrected chi connectivity index (χ1v) is 7.96. The van der Waals surface area contributed by atoms with Gasteiger partial charge in [0, 0.05) is 24.7 Å². The topological polar surface area (TPSA) is 61.9 Å². The smallest absolute Gasteiger partial charge is 0.254 e. The van der Waals surface area contributed by atoms with Crippen molar-refractivity contribution >= 4 is 40.7 Å². The Bertz CT molecular complexity index is 596. The molecule has 0 bridgehead atoms. The van der Waals surface area contributed by atoms with Gasteiger partial charge in [-0.15, -0.1) is 0 Å². The summed E-state index contributed by atoms with van der Waals surface area (Å²) in [5.41, 5.74) is 0.629. The van der Waals surface area contributed by atoms with Gasteiger partial charge in [0.05, 0.1) is 16.7 Å². The third kappa shape index (κ3) is 3.54. The highest BCUT2D eigenvalue weighted by Gasteiger charge is 2.37. The van der Waals surface area contributed by atoms with Gasteiger partial charge in [-0.05, 0) is 31.0 Å². The van der Waals surface area contributed by atoms with E-state index in [9.17, 15) is 9.59 Å². The van der Waals surface area contributed by atoms with Crippen molar-refractivity contribution in [3.63, 3.8) is 0 Å². The number of hydrogen-bond donors (Lipinski definition) is 1. The minimum absolute atomic E-state index is 0.0448. The van der Waals surface area contributed by atoms with Crippen LogP contribution in [0.2, 0.25) is 10.0 Å². The molecular formula is C15H16Cl2N2O3. The number of nitrogens with one attached hydrogen (secondary N) is 1. The number of carbonyl (C=O) groups is 2. The van der Waals surface area contributed by atoms with Gasteiger partial charge in [-0.3, -0.25) is 9.59 Å². The molecular weight excluding hydrogens is 327 g/mol. The predicted molar refractivity (Wildman–Crippen MR) is 84.1 cm³/mol. The van der Waals surface area contributed by atoms with Gasteiger partial charge in [0.25, 0.3) is 5.91 Å². The molecule has 7 heteroatoms. The molecule has 1 aromatic rings. The summed E-state index contributed by atoms with van der Waals surface area (Å²) in [5.74, 6) is -0.102. The summed E-state index contributed by atoms with van der Waals surface area (Å²) < 4.78 is 5.00. The van der Waals surface area contributed by atoms with E-state index in [0.717, 1.165) is 0 Å². The minimum atomic E-state index is -0.249. The fourth-order valence-corrected chi connectivity index (χ4v) is 2.87. The number of ether oxygens (including phenoxy) is 1. The molecule has 5 nitrogen and oxygen atoms in total. The normalized spacial score (nSPS) is 21.5. The van der Waals surface area contributed by atoms with E-state index in [1.165, 1.54) is 0 Å². The monoisotopic (exact) mass is 342 g/mol. The van der Waals surface area contributed by atoms with Crippen LogP contribution in [-0.2, 0) is 14.3 Å². The number of epoxide rings is 1. The van der Waals surface area contributed by atoms with Crippen molar-refractivity contribution in [1.82, 2.24) is 4.90 Å². The van der Waals surface area contributed by atoms with Gasteiger partial charge in [0.1, 0.15) is 0 Å². The van der Waals surface area contributed by atoms with Gasteiger partial charge in [0.15, 0.2) is 6.10 Å². The highest BCUT2D eigenvalue weighted by Crippen LogP contribution is 2.26. The van der Waals surface area contributed by atoms with Gasteiger partial charge in [-0.2, -0.15) is 0 Å². The van der Waals surface area contributed by atoms with Crippen molar-refractivity contribution in [2.75, 3.05) is 25.0 Å². The van der Waals surface area contributed by atoms with Crippen LogP contribution in [-0.4, -0.2) is 42.5 Å². The van der Waals surface area contributed by atoms with Crippen LogP contribution in [0.1, 0.15) is 12.8 Å². The third-order valence-corrected chi connectivity index (χ3v) is 4.71. The second-order valence-electron chi connectivity index (χ2n) is 5.54. The van der Waals surface area contributed by atoms with E-state index in [1.54, 1.807) is 23.1 Å². The summed E-state index contributed by atoms with van der Waals surface area (Å²) in [6.07, 6.45) is 1.07. The maximum Gasteiger partial charge on any atom is 0.254 e. The second-order valence-corrected chi connectivity index (χ2v) is 6.35. The molecule has 2 amide bonds. The second kappa shape index (κ2) is 6.44. The summed E-state index contributed by atoms with van der Waals surface area (Å²) >= 11 is 11.8. The van der Waals surface area contributed by atoms with Crippen LogP contribution in [0, 0.1) is 5.92 Å². The number of hydrogen-bond acceptors (Lipinski definition) is 3. The highest BCUT2D eigenvalue weighted by atomic mass is 35.5. The number of nitrogens with zero attached hydrogens (tertiary/aromatic N) is 1. The number of halogens is 2. The lowest BCUT2D eigenvalue weighted by atomic mass is 9.95. The summed E-state index contributed by atoms with van der Waals surface area (Å²) in [6, 6.07) is 5.00. The fraction of sp³-hybridized carbons (Fsp3) is 0.467. The van der Waals surface area contributed by atoms with Crippen molar-refractivity contribution in [3.8, 4) is 0 Å². The summed E-state index contributed by atoms with van der Waals surface area (Å²) in [4.78, 5) is 25.9. The van der Waals surface area contributed by atoms with Gasteiger partial charge in [-0.25, -0.2) is 0 Å². The lowest BCUT2D eigenvalue weighted by Crippen LogP contribution is -2.43. The molecule has 0 aromatic heterocycles. The molecule has 22 heavy (non-hydrogen) atoms. The molecule has 2 aliphatic rings. The highest BCUT2D eigenvalue weighted by molar-refractivity contribution is 6.42. The zero-order valence-electron chi connectivity index (χ0n) is 11.9. The zero-order valence-corrected chi connectivity index (χ0v) is 13.4. The number of carbonyl (C=O) groups excluding carboxylic acids is 2. The van der Waals surface area contributed by atoms with E-state index in [4.69, 9.17) is 27.9 Å². The predicted octanol–water partition coefficient (Wildman–Crippen LogP) is 2.57. The van der Waals surface area contributed by atoms with Crippen LogP contribution in [0.5, 0.6) is 0 Å². The standard InChI is InChI=1S/C15H16Cl2N2O3/c16-11-2-1-10(7-12(11)17)18-14(20)9-3-5-19(6-4-9)15(21)13-8-22-13/h1-2,7,9,13H,3-6,8H2,(H,18,20). The molecule has 2 fully saturated rings. The molecule has 2 aliphatic heterocycles. The van der Waals surface area contributed by atoms with E-state index >= 15 is 0 Å². The number of likely N-dealkylation sites (tertiary alicyclic amines) is 1. The van der Waals surface area contributed by atoms with Crippen LogP contribution < -0.4 is 5.32 Å². The largest absolute Gasteiger partial charge is 0.363 e. The number of benzene rings is 1. The van der Waals surface area contributed by atoms with Gasteiger partial charge in [-0.1, -0.05) is 23.2 Å². The average molecular weight is 343 g/mol. The summed E-state index contributed by atoms with van der Waals surface area (Å²) in [7, 11) is 0. The van der Waals surface area contributed by atoms with Crippen molar-refractivity contribution in [2.45, 2.75) is 18.9 Å². The Balaban J connectivity index is 1.53. The molecule has 118 valence electrons. The minimum Gasteiger partial charge on any atom is -0.363 e. The Hall–Kier alpha value is -1.30. The number of anilines is 1. The van der Waals surface area contributed by atoms with Crippen molar-refractivity contribution in [1.29, 1.82) is 0 Å². The summed E-state index contributed by atoms with van der Waals surface area (Å²) in [5, 5.41) is 3.71. The van der Waals surface area contributed by atoms with Crippen LogP contribution in [0.4, 0.5) is 5.69 Å². The molecule has 1 atom stereocenters. The van der Waals surface area contributed by atoms with E-state index < -0.39 is 0 Å². The van der Waals surface area contributed by atoms with Crippen molar-refractivity contribution in [3.05, 3.63) is 28.2 Å². The quantitative estimate of drug-likeness (QED) is 0.858. The maximum absolute atomic E-state index is 12.3. The summed E-state index contributed by atoms with van der Waals surface area (Å²) in [6.45, 7) is 1.72. The van der Waals surface area contributed by atoms with E-state index in [1.807, 2.05) is 0 Å². The lowest BCUT2D eigenvalue weighted by Gasteiger charge is -2.31. The Morgan fingerprint density at radius 1 is 1.18 bits per heavy atom. The Kier molecular flexibility index (Phi) is 4.57. The zero-order chi connectivity index (χ0) is 15.7. The van der Waals surface area contributed by atoms with Gasteiger partial charge < -0.3 is 15.0 Å². The molecule has 2 saturated heterocycles. The average Bonchev–Trinajstić information content (AvgIpc) is 3.35.